The van der Waals surface area contributed by atoms with Gasteiger partial charge < -0.3 is 15.4 Å². The molecule has 0 spiro atoms. The average Bonchev–Trinajstić information content (AvgIpc) is 3.29. The van der Waals surface area contributed by atoms with Crippen molar-refractivity contribution in [2.24, 2.45) is 0 Å². The highest BCUT2D eigenvalue weighted by Gasteiger charge is 2.25. The molecule has 2 unspecified atom stereocenters. The summed E-state index contributed by atoms with van der Waals surface area (Å²) in [6.45, 7) is 4.05. The Kier molecular flexibility index (Phi) is 8.49. The van der Waals surface area contributed by atoms with Gasteiger partial charge in [0.05, 0.1) is 25.6 Å². The lowest BCUT2D eigenvalue weighted by molar-refractivity contribution is -0.123. The van der Waals surface area contributed by atoms with E-state index in [2.05, 4.69) is 43.6 Å². The molecule has 2 aromatic rings. The fourth-order valence-corrected chi connectivity index (χ4v) is 4.26. The van der Waals surface area contributed by atoms with Gasteiger partial charge in [-0.1, -0.05) is 40.2 Å². The molecule has 1 aliphatic heterocycles. The third-order valence-corrected chi connectivity index (χ3v) is 6.14. The molecule has 31 heavy (non-hydrogen) atoms. The molecule has 1 saturated heterocycles. The second-order valence-electron chi connectivity index (χ2n) is 7.84. The van der Waals surface area contributed by atoms with Crippen molar-refractivity contribution >= 4 is 27.7 Å². The number of hydrogen-bond donors (Lipinski definition) is 2. The van der Waals surface area contributed by atoms with Crippen molar-refractivity contribution < 1.29 is 14.3 Å². The number of carbonyl (C=O) groups excluding carboxylic acids is 2. The maximum absolute atomic E-state index is 12.8. The van der Waals surface area contributed by atoms with Crippen LogP contribution in [0.3, 0.4) is 0 Å². The van der Waals surface area contributed by atoms with Crippen LogP contribution < -0.4 is 15.4 Å². The van der Waals surface area contributed by atoms with E-state index < -0.39 is 0 Å². The number of nitrogens with one attached hydrogen (secondary N) is 2. The first-order valence-corrected chi connectivity index (χ1v) is 11.4. The van der Waals surface area contributed by atoms with Crippen molar-refractivity contribution in [1.29, 1.82) is 0 Å². The summed E-state index contributed by atoms with van der Waals surface area (Å²) in [4.78, 5) is 26.9. The Morgan fingerprint density at radius 3 is 2.23 bits per heavy atom. The van der Waals surface area contributed by atoms with Crippen LogP contribution in [0, 0.1) is 0 Å². The molecule has 1 heterocycles. The van der Waals surface area contributed by atoms with Crippen molar-refractivity contribution in [3.8, 4) is 5.75 Å². The van der Waals surface area contributed by atoms with Crippen LogP contribution in [0.25, 0.3) is 0 Å². The normalized spacial score (nSPS) is 15.8. The van der Waals surface area contributed by atoms with Crippen LogP contribution in [0.15, 0.2) is 53.0 Å². The third-order valence-electron chi connectivity index (χ3n) is 5.61. The van der Waals surface area contributed by atoms with E-state index >= 15 is 0 Å². The van der Waals surface area contributed by atoms with Crippen LogP contribution in [0.2, 0.25) is 0 Å². The van der Waals surface area contributed by atoms with Gasteiger partial charge >= 0.3 is 0 Å². The van der Waals surface area contributed by atoms with Crippen molar-refractivity contribution in [1.82, 2.24) is 15.5 Å². The van der Waals surface area contributed by atoms with Crippen molar-refractivity contribution in [2.75, 3.05) is 26.7 Å². The van der Waals surface area contributed by atoms with Crippen molar-refractivity contribution in [3.63, 3.8) is 0 Å². The highest BCUT2D eigenvalue weighted by molar-refractivity contribution is 9.10. The monoisotopic (exact) mass is 487 g/mol. The minimum Gasteiger partial charge on any atom is -0.497 e. The number of carbonyl (C=O) groups is 2. The predicted octanol–water partition coefficient (Wildman–Crippen LogP) is 3.98. The van der Waals surface area contributed by atoms with Crippen LogP contribution in [0.1, 0.15) is 49.4 Å². The molecule has 3 rings (SSSR count). The number of methoxy groups -OCH3 is 1. The summed E-state index contributed by atoms with van der Waals surface area (Å²) in [7, 11) is 1.66. The molecule has 0 aromatic heterocycles. The van der Waals surface area contributed by atoms with E-state index in [1.807, 2.05) is 36.4 Å². The Balaban J connectivity index is 1.66. The average molecular weight is 488 g/mol. The van der Waals surface area contributed by atoms with Gasteiger partial charge in [0.2, 0.25) is 11.8 Å². The van der Waals surface area contributed by atoms with Gasteiger partial charge in [-0.25, -0.2) is 0 Å². The van der Waals surface area contributed by atoms with Crippen LogP contribution in [0.5, 0.6) is 5.75 Å². The van der Waals surface area contributed by atoms with Gasteiger partial charge in [-0.2, -0.15) is 0 Å². The molecule has 0 bridgehead atoms. The fraction of sp³-hybridized carbons (Fsp3) is 0.417. The maximum atomic E-state index is 12.8. The lowest BCUT2D eigenvalue weighted by atomic mass is 10.0. The summed E-state index contributed by atoms with van der Waals surface area (Å²) in [5.74, 6) is 0.578. The maximum Gasteiger partial charge on any atom is 0.222 e. The molecular weight excluding hydrogens is 458 g/mol. The fourth-order valence-electron chi connectivity index (χ4n) is 4.00. The van der Waals surface area contributed by atoms with E-state index in [4.69, 9.17) is 4.74 Å². The number of hydrogen-bond acceptors (Lipinski definition) is 4. The van der Waals surface area contributed by atoms with Crippen molar-refractivity contribution in [2.45, 2.75) is 38.3 Å². The van der Waals surface area contributed by atoms with Gasteiger partial charge in [0, 0.05) is 17.9 Å². The zero-order valence-corrected chi connectivity index (χ0v) is 19.7. The van der Waals surface area contributed by atoms with Gasteiger partial charge in [0.15, 0.2) is 0 Å². The number of amides is 2. The molecule has 2 atom stereocenters. The number of benzene rings is 2. The molecule has 1 aliphatic rings. The standard InChI is InChI=1S/C24H30BrN3O3/c1-17(29)27-22(18-5-9-20(25)10-6-18)15-24(30)26-16-23(28-13-3-4-14-28)19-7-11-21(31-2)12-8-19/h5-12,22-23H,3-4,13-16H2,1-2H3,(H,26,30)(H,27,29). The number of nitrogens with zero attached hydrogens (tertiary/aromatic N) is 1. The molecule has 0 radical (unpaired) electrons. The molecule has 2 N–H and O–H groups in total. The highest BCUT2D eigenvalue weighted by atomic mass is 79.9. The number of rotatable bonds is 9. The lowest BCUT2D eigenvalue weighted by Crippen LogP contribution is -2.38. The third kappa shape index (κ3) is 6.80. The van der Waals surface area contributed by atoms with E-state index in [1.54, 1.807) is 7.11 Å². The highest BCUT2D eigenvalue weighted by Crippen LogP contribution is 2.26. The number of halogens is 1. The van der Waals surface area contributed by atoms with Crippen molar-refractivity contribution in [3.05, 3.63) is 64.1 Å². The lowest BCUT2D eigenvalue weighted by Gasteiger charge is -2.28. The van der Waals surface area contributed by atoms with Gasteiger partial charge in [-0.05, 0) is 61.3 Å². The minimum absolute atomic E-state index is 0.0839. The molecule has 2 aromatic carbocycles. The quantitative estimate of drug-likeness (QED) is 0.561. The summed E-state index contributed by atoms with van der Waals surface area (Å²) in [5.41, 5.74) is 2.06. The molecule has 7 heteroatoms. The molecule has 6 nitrogen and oxygen atoms in total. The summed E-state index contributed by atoms with van der Waals surface area (Å²) >= 11 is 3.42. The van der Waals surface area contributed by atoms with E-state index in [-0.39, 0.29) is 30.3 Å². The second-order valence-corrected chi connectivity index (χ2v) is 8.76. The van der Waals surface area contributed by atoms with E-state index in [0.29, 0.717) is 6.54 Å². The zero-order valence-electron chi connectivity index (χ0n) is 18.1. The predicted molar refractivity (Wildman–Crippen MR) is 125 cm³/mol. The minimum atomic E-state index is -0.364. The van der Waals surface area contributed by atoms with E-state index in [1.165, 1.54) is 19.8 Å². The molecule has 166 valence electrons. The first kappa shape index (κ1) is 23.3. The van der Waals surface area contributed by atoms with Crippen LogP contribution in [-0.2, 0) is 9.59 Å². The molecular formula is C24H30BrN3O3. The Bertz CT molecular complexity index is 865. The summed E-state index contributed by atoms with van der Waals surface area (Å²) < 4.78 is 6.23. The van der Waals surface area contributed by atoms with E-state index in [9.17, 15) is 9.59 Å². The Labute approximate surface area is 192 Å². The van der Waals surface area contributed by atoms with Gasteiger partial charge in [0.25, 0.3) is 0 Å². The molecule has 0 aliphatic carbocycles. The summed E-state index contributed by atoms with van der Waals surface area (Å²) in [5, 5.41) is 5.99. The van der Waals surface area contributed by atoms with Crippen LogP contribution in [0.4, 0.5) is 0 Å². The van der Waals surface area contributed by atoms with Gasteiger partial charge in [-0.15, -0.1) is 0 Å². The Morgan fingerprint density at radius 1 is 1.03 bits per heavy atom. The first-order valence-electron chi connectivity index (χ1n) is 10.6. The smallest absolute Gasteiger partial charge is 0.222 e. The topological polar surface area (TPSA) is 70.7 Å². The molecule has 1 fully saturated rings. The second kappa shape index (κ2) is 11.3. The molecule has 2 amide bonds. The Morgan fingerprint density at radius 2 is 1.65 bits per heavy atom. The summed E-state index contributed by atoms with van der Waals surface area (Å²) in [6.07, 6.45) is 2.54. The van der Waals surface area contributed by atoms with Crippen LogP contribution in [-0.4, -0.2) is 43.5 Å². The number of likely N-dealkylation sites (tertiary alicyclic amines) is 1. The first-order chi connectivity index (χ1) is 15.0. The molecule has 0 saturated carbocycles. The zero-order chi connectivity index (χ0) is 22.2. The van der Waals surface area contributed by atoms with Crippen LogP contribution >= 0.6 is 15.9 Å². The largest absolute Gasteiger partial charge is 0.497 e. The van der Waals surface area contributed by atoms with Gasteiger partial charge in [-0.3, -0.25) is 14.5 Å². The summed E-state index contributed by atoms with van der Waals surface area (Å²) in [6, 6.07) is 15.5. The SMILES string of the molecule is COc1ccc(C(CNC(=O)CC(NC(C)=O)c2ccc(Br)cc2)N2CCCC2)cc1. The van der Waals surface area contributed by atoms with E-state index in [0.717, 1.165) is 34.4 Å². The number of ether oxygens (including phenoxy) is 1. The Hall–Kier alpha value is -2.38. The van der Waals surface area contributed by atoms with Gasteiger partial charge in [0.1, 0.15) is 5.75 Å².